The van der Waals surface area contributed by atoms with E-state index in [1.807, 2.05) is 6.08 Å². The Hall–Kier alpha value is -1.28. The van der Waals surface area contributed by atoms with Crippen LogP contribution in [0.25, 0.3) is 0 Å². The lowest BCUT2D eigenvalue weighted by atomic mass is 9.92. The summed E-state index contributed by atoms with van der Waals surface area (Å²) in [5, 5.41) is 3.74. The van der Waals surface area contributed by atoms with Gasteiger partial charge in [-0.2, -0.15) is 0 Å². The third-order valence-electron chi connectivity index (χ3n) is 3.18. The highest BCUT2D eigenvalue weighted by Crippen LogP contribution is 2.29. The first-order chi connectivity index (χ1) is 9.01. The molecule has 1 heterocycles. The Kier molecular flexibility index (Phi) is 4.31. The monoisotopic (exact) mass is 280 g/mol. The summed E-state index contributed by atoms with van der Waals surface area (Å²) in [6.07, 6.45) is 4.99. The second-order valence-electron chi connectivity index (χ2n) is 4.95. The van der Waals surface area contributed by atoms with E-state index in [0.29, 0.717) is 18.0 Å². The molecule has 1 fully saturated rings. The number of nitrogens with two attached hydrogens (primary N) is 1. The van der Waals surface area contributed by atoms with E-state index in [1.165, 1.54) is 0 Å². The zero-order valence-corrected chi connectivity index (χ0v) is 11.6. The van der Waals surface area contributed by atoms with Crippen molar-refractivity contribution in [2.75, 3.05) is 13.1 Å². The molecule has 4 nitrogen and oxygen atoms in total. The van der Waals surface area contributed by atoms with Crippen molar-refractivity contribution in [3.8, 4) is 0 Å². The second-order valence-corrected chi connectivity index (χ2v) is 5.36. The van der Waals surface area contributed by atoms with Crippen molar-refractivity contribution in [1.82, 2.24) is 5.32 Å². The summed E-state index contributed by atoms with van der Waals surface area (Å²) in [6.45, 7) is 3.08. The molecular weight excluding hydrogens is 264 g/mol. The van der Waals surface area contributed by atoms with Crippen molar-refractivity contribution >= 4 is 17.6 Å². The highest BCUT2D eigenvalue weighted by atomic mass is 35.5. The van der Waals surface area contributed by atoms with Crippen LogP contribution in [0.3, 0.4) is 0 Å². The van der Waals surface area contributed by atoms with Crippen LogP contribution in [-0.2, 0) is 9.53 Å². The lowest BCUT2D eigenvalue weighted by Gasteiger charge is -2.29. The fourth-order valence-corrected chi connectivity index (χ4v) is 2.26. The molecular formula is C14H17ClN2O2. The highest BCUT2D eigenvalue weighted by molar-refractivity contribution is 6.31. The average molecular weight is 281 g/mol. The largest absolute Gasteiger partial charge is 0.456 e. The molecule has 1 aliphatic heterocycles. The number of hydrogen-bond donors (Lipinski definition) is 2. The normalized spacial score (nSPS) is 26.9. The standard InChI is InChI=1S/C14H17ClN2O2/c1-10(16)13(18)19-14(6-7-17-9-14)8-11-2-4-12(15)5-3-11/h2,4,10,17H,6-9,16H2,1H3/t10-,14?/m0/s1. The van der Waals surface area contributed by atoms with Gasteiger partial charge in [0, 0.05) is 25.0 Å². The Morgan fingerprint density at radius 1 is 1.63 bits per heavy atom. The molecule has 0 aromatic carbocycles. The maximum absolute atomic E-state index is 11.7. The molecule has 0 amide bonds. The first-order valence-electron chi connectivity index (χ1n) is 6.28. The molecule has 0 saturated carbocycles. The highest BCUT2D eigenvalue weighted by Gasteiger charge is 2.38. The van der Waals surface area contributed by atoms with E-state index in [1.54, 1.807) is 13.0 Å². The minimum absolute atomic E-state index is 0.373. The van der Waals surface area contributed by atoms with Gasteiger partial charge in [0.15, 0.2) is 0 Å². The molecule has 2 aliphatic rings. The predicted octanol–water partition coefficient (Wildman–Crippen LogP) is 1.37. The molecule has 1 saturated heterocycles. The average Bonchev–Trinajstić information content (AvgIpc) is 2.80. The second kappa shape index (κ2) is 5.79. The zero-order valence-electron chi connectivity index (χ0n) is 10.8. The molecule has 0 aromatic heterocycles. The Morgan fingerprint density at radius 3 is 2.95 bits per heavy atom. The lowest BCUT2D eigenvalue weighted by molar-refractivity contribution is -0.159. The summed E-state index contributed by atoms with van der Waals surface area (Å²) in [4.78, 5) is 11.7. The van der Waals surface area contributed by atoms with Crippen LogP contribution in [0.15, 0.2) is 34.2 Å². The molecule has 0 radical (unpaired) electrons. The van der Waals surface area contributed by atoms with E-state index in [-0.39, 0.29) is 5.97 Å². The van der Waals surface area contributed by atoms with Gasteiger partial charge in [0.2, 0.25) is 0 Å². The van der Waals surface area contributed by atoms with Crippen molar-refractivity contribution in [3.63, 3.8) is 0 Å². The van der Waals surface area contributed by atoms with Crippen molar-refractivity contribution in [3.05, 3.63) is 34.2 Å². The molecule has 2 atom stereocenters. The van der Waals surface area contributed by atoms with Crippen LogP contribution in [0.4, 0.5) is 0 Å². The first-order valence-corrected chi connectivity index (χ1v) is 6.66. The Bertz CT molecular complexity index is 504. The van der Waals surface area contributed by atoms with E-state index in [0.717, 1.165) is 18.5 Å². The SMILES string of the molecule is C[C@H](N)C(=O)OC1(CC2=C=C=C(Cl)C=C2)CCNC1. The van der Waals surface area contributed by atoms with Gasteiger partial charge in [0.1, 0.15) is 11.6 Å². The van der Waals surface area contributed by atoms with Crippen molar-refractivity contribution in [1.29, 1.82) is 0 Å². The molecule has 1 aliphatic carbocycles. The smallest absolute Gasteiger partial charge is 0.323 e. The zero-order chi connectivity index (χ0) is 13.9. The molecule has 5 heteroatoms. The summed E-state index contributed by atoms with van der Waals surface area (Å²) in [6, 6.07) is -0.613. The first kappa shape index (κ1) is 14.1. The van der Waals surface area contributed by atoms with E-state index in [2.05, 4.69) is 16.8 Å². The molecule has 3 N–H and O–H groups in total. The van der Waals surface area contributed by atoms with Gasteiger partial charge >= 0.3 is 5.97 Å². The molecule has 1 unspecified atom stereocenters. The quantitative estimate of drug-likeness (QED) is 0.603. The topological polar surface area (TPSA) is 64.4 Å². The third-order valence-corrected chi connectivity index (χ3v) is 3.40. The number of rotatable bonds is 4. The third kappa shape index (κ3) is 3.60. The number of hydrogen-bond acceptors (Lipinski definition) is 4. The van der Waals surface area contributed by atoms with Gasteiger partial charge in [-0.15, -0.1) is 0 Å². The number of ether oxygens (including phenoxy) is 1. The van der Waals surface area contributed by atoms with Crippen molar-refractivity contribution < 1.29 is 9.53 Å². The van der Waals surface area contributed by atoms with Gasteiger partial charge in [-0.05, 0) is 31.4 Å². The summed E-state index contributed by atoms with van der Waals surface area (Å²) in [7, 11) is 0. The fraction of sp³-hybridized carbons (Fsp3) is 0.500. The Morgan fingerprint density at radius 2 is 2.42 bits per heavy atom. The number of allylic oxidation sites excluding steroid dienone is 3. The molecule has 0 aromatic rings. The van der Waals surface area contributed by atoms with Crippen LogP contribution < -0.4 is 11.1 Å². The summed E-state index contributed by atoms with van der Waals surface area (Å²) in [5.74, 6) is -0.373. The number of carbonyl (C=O) groups is 1. The van der Waals surface area contributed by atoms with Crippen molar-refractivity contribution in [2.45, 2.75) is 31.4 Å². The minimum atomic E-state index is -0.613. The van der Waals surface area contributed by atoms with Gasteiger partial charge in [-0.1, -0.05) is 17.3 Å². The Labute approximate surface area is 117 Å². The van der Waals surface area contributed by atoms with Crippen LogP contribution in [-0.4, -0.2) is 30.7 Å². The number of carbonyl (C=O) groups excluding carboxylic acids is 1. The summed E-state index contributed by atoms with van der Waals surface area (Å²) >= 11 is 5.79. The molecule has 0 spiro atoms. The van der Waals surface area contributed by atoms with Crippen molar-refractivity contribution in [2.24, 2.45) is 5.73 Å². The van der Waals surface area contributed by atoms with Gasteiger partial charge < -0.3 is 15.8 Å². The van der Waals surface area contributed by atoms with Crippen LogP contribution in [0.5, 0.6) is 0 Å². The van der Waals surface area contributed by atoms with E-state index >= 15 is 0 Å². The van der Waals surface area contributed by atoms with E-state index in [9.17, 15) is 4.79 Å². The summed E-state index contributed by atoms with van der Waals surface area (Å²) in [5.41, 5.74) is 11.7. The van der Waals surface area contributed by atoms with Crippen LogP contribution in [0, 0.1) is 0 Å². The van der Waals surface area contributed by atoms with Crippen LogP contribution in [0.1, 0.15) is 19.8 Å². The van der Waals surface area contributed by atoms with Gasteiger partial charge in [0.05, 0.1) is 5.03 Å². The predicted molar refractivity (Wildman–Crippen MR) is 73.6 cm³/mol. The summed E-state index contributed by atoms with van der Waals surface area (Å²) < 4.78 is 5.60. The molecule has 0 bridgehead atoms. The van der Waals surface area contributed by atoms with Crippen LogP contribution >= 0.6 is 11.6 Å². The number of halogens is 1. The van der Waals surface area contributed by atoms with E-state index < -0.39 is 11.6 Å². The maximum atomic E-state index is 11.7. The van der Waals surface area contributed by atoms with E-state index in [4.69, 9.17) is 22.1 Å². The maximum Gasteiger partial charge on any atom is 0.323 e. The lowest BCUT2D eigenvalue weighted by Crippen LogP contribution is -2.42. The number of esters is 1. The molecule has 19 heavy (non-hydrogen) atoms. The number of nitrogens with one attached hydrogen (secondary N) is 1. The minimum Gasteiger partial charge on any atom is -0.456 e. The van der Waals surface area contributed by atoms with Gasteiger partial charge in [0.25, 0.3) is 0 Å². The van der Waals surface area contributed by atoms with Crippen LogP contribution in [0.2, 0.25) is 0 Å². The molecule has 2 rings (SSSR count). The molecule has 102 valence electrons. The fourth-order valence-electron chi connectivity index (χ4n) is 2.15. The Balaban J connectivity index is 2.15. The van der Waals surface area contributed by atoms with Gasteiger partial charge in [-0.3, -0.25) is 4.79 Å². The van der Waals surface area contributed by atoms with Gasteiger partial charge in [-0.25, -0.2) is 0 Å².